The van der Waals surface area contributed by atoms with Crippen LogP contribution < -0.4 is 15.2 Å². The minimum Gasteiger partial charge on any atom is -0.372 e. The van der Waals surface area contributed by atoms with Crippen LogP contribution in [-0.2, 0) is 5.41 Å². The van der Waals surface area contributed by atoms with Crippen LogP contribution in [0.4, 0.5) is 11.4 Å². The molecule has 1 amide bonds. The third-order valence-electron chi connectivity index (χ3n) is 5.67. The van der Waals surface area contributed by atoms with E-state index in [4.69, 9.17) is 0 Å². The molecule has 0 bridgehead atoms. The zero-order valence-electron chi connectivity index (χ0n) is 17.9. The molecule has 29 heavy (non-hydrogen) atoms. The fourth-order valence-electron chi connectivity index (χ4n) is 3.98. The molecule has 1 heterocycles. The molecule has 3 rings (SSSR count). The lowest BCUT2D eigenvalue weighted by Gasteiger charge is -2.23. The summed E-state index contributed by atoms with van der Waals surface area (Å²) in [7, 11) is 2.06. The van der Waals surface area contributed by atoms with Crippen LogP contribution in [0, 0.1) is 0 Å². The van der Waals surface area contributed by atoms with Crippen molar-refractivity contribution in [3.05, 3.63) is 71.4 Å². The number of anilines is 2. The number of nitrogens with zero attached hydrogens (tertiary/aromatic N) is 3. The van der Waals surface area contributed by atoms with Crippen molar-refractivity contribution in [2.45, 2.75) is 33.1 Å². The van der Waals surface area contributed by atoms with Gasteiger partial charge >= 0.3 is 0 Å². The number of carbonyl (C=O) groups is 1. The van der Waals surface area contributed by atoms with Crippen molar-refractivity contribution in [2.24, 2.45) is 5.10 Å². The Hall–Kier alpha value is -3.08. The van der Waals surface area contributed by atoms with Crippen LogP contribution in [0.1, 0.15) is 43.6 Å². The number of nitrogens with one attached hydrogen (secondary N) is 1. The maximum absolute atomic E-state index is 12.4. The molecule has 152 valence electrons. The molecular weight excluding hydrogens is 360 g/mol. The fraction of sp³-hybridized carbons (Fsp3) is 0.333. The Labute approximate surface area is 173 Å². The van der Waals surface area contributed by atoms with Crippen molar-refractivity contribution in [1.82, 2.24) is 5.43 Å². The number of benzene rings is 2. The van der Waals surface area contributed by atoms with Crippen LogP contribution in [-0.4, -0.2) is 32.3 Å². The van der Waals surface area contributed by atoms with Gasteiger partial charge < -0.3 is 9.80 Å². The summed E-state index contributed by atoms with van der Waals surface area (Å²) in [5.74, 6) is -0.215. The highest BCUT2D eigenvalue weighted by molar-refractivity contribution is 5.95. The number of hydrazone groups is 1. The molecule has 0 aliphatic carbocycles. The zero-order chi connectivity index (χ0) is 21.0. The standard InChI is InChI=1S/C24H30N4O/c1-6-28(7-2)19-14-12-18(13-15-19)23(29)26-25-17-16-22-24(3,4)20-10-8-9-11-21(20)27(22)5/h8-17H,6-7H2,1-5H3,(H,26,29)/b22-16+,25-17-. The molecular formula is C24H30N4O. The first kappa shape index (κ1) is 20.6. The number of rotatable bonds is 6. The van der Waals surface area contributed by atoms with E-state index < -0.39 is 0 Å². The molecule has 5 heteroatoms. The van der Waals surface area contributed by atoms with Crippen LogP contribution in [0.5, 0.6) is 0 Å². The van der Waals surface area contributed by atoms with Crippen molar-refractivity contribution in [1.29, 1.82) is 0 Å². The van der Waals surface area contributed by atoms with E-state index in [1.807, 2.05) is 36.4 Å². The van der Waals surface area contributed by atoms with Gasteiger partial charge in [0.2, 0.25) is 0 Å². The number of hydrogen-bond acceptors (Lipinski definition) is 4. The molecule has 1 aliphatic heterocycles. The number of amides is 1. The Morgan fingerprint density at radius 1 is 1.10 bits per heavy atom. The normalized spacial score (nSPS) is 16.3. The summed E-state index contributed by atoms with van der Waals surface area (Å²) >= 11 is 0. The molecule has 0 saturated carbocycles. The van der Waals surface area contributed by atoms with Crippen LogP contribution in [0.15, 0.2) is 65.4 Å². The van der Waals surface area contributed by atoms with Gasteiger partial charge in [0.25, 0.3) is 5.91 Å². The maximum atomic E-state index is 12.4. The van der Waals surface area contributed by atoms with Gasteiger partial charge in [0.15, 0.2) is 0 Å². The highest BCUT2D eigenvalue weighted by atomic mass is 16.2. The Kier molecular flexibility index (Phi) is 6.06. The second kappa shape index (κ2) is 8.52. The molecule has 0 radical (unpaired) electrons. The summed E-state index contributed by atoms with van der Waals surface area (Å²) in [6, 6.07) is 16.0. The minimum atomic E-state index is -0.215. The van der Waals surface area contributed by atoms with Crippen molar-refractivity contribution in [3.8, 4) is 0 Å². The summed E-state index contributed by atoms with van der Waals surface area (Å²) in [5.41, 5.74) is 7.85. The van der Waals surface area contributed by atoms with E-state index in [-0.39, 0.29) is 11.3 Å². The average molecular weight is 391 g/mol. The van der Waals surface area contributed by atoms with Crippen LogP contribution >= 0.6 is 0 Å². The molecule has 0 aromatic heterocycles. The Morgan fingerprint density at radius 3 is 2.38 bits per heavy atom. The van der Waals surface area contributed by atoms with E-state index in [0.717, 1.165) is 24.5 Å². The van der Waals surface area contributed by atoms with Crippen molar-refractivity contribution in [3.63, 3.8) is 0 Å². The number of likely N-dealkylation sites (N-methyl/N-ethyl adjacent to an activating group) is 1. The topological polar surface area (TPSA) is 47.9 Å². The zero-order valence-corrected chi connectivity index (χ0v) is 17.9. The summed E-state index contributed by atoms with van der Waals surface area (Å²) in [5, 5.41) is 4.13. The Bertz CT molecular complexity index is 924. The Morgan fingerprint density at radius 2 is 1.76 bits per heavy atom. The molecule has 0 fully saturated rings. The Balaban J connectivity index is 1.67. The molecule has 0 saturated heterocycles. The van der Waals surface area contributed by atoms with Crippen LogP contribution in [0.3, 0.4) is 0 Å². The van der Waals surface area contributed by atoms with Crippen molar-refractivity contribution >= 4 is 23.5 Å². The van der Waals surface area contributed by atoms with E-state index in [0.29, 0.717) is 5.56 Å². The van der Waals surface area contributed by atoms with Gasteiger partial charge in [0, 0.05) is 54.4 Å². The average Bonchev–Trinajstić information content (AvgIpc) is 2.93. The molecule has 2 aromatic carbocycles. The summed E-state index contributed by atoms with van der Waals surface area (Å²) < 4.78 is 0. The predicted octanol–water partition coefficient (Wildman–Crippen LogP) is 4.56. The number of fused-ring (bicyclic) bond motifs is 1. The van der Waals surface area contributed by atoms with E-state index in [9.17, 15) is 4.79 Å². The molecule has 0 atom stereocenters. The third kappa shape index (κ3) is 4.04. The largest absolute Gasteiger partial charge is 0.372 e. The summed E-state index contributed by atoms with van der Waals surface area (Å²) in [6.07, 6.45) is 3.62. The van der Waals surface area contributed by atoms with Crippen molar-refractivity contribution < 1.29 is 4.79 Å². The van der Waals surface area contributed by atoms with Gasteiger partial charge in [-0.1, -0.05) is 32.0 Å². The number of hydrogen-bond donors (Lipinski definition) is 1. The van der Waals surface area contributed by atoms with Gasteiger partial charge in [-0.05, 0) is 55.8 Å². The maximum Gasteiger partial charge on any atom is 0.271 e. The first-order chi connectivity index (χ1) is 13.9. The van der Waals surface area contributed by atoms with E-state index in [1.165, 1.54) is 11.3 Å². The van der Waals surface area contributed by atoms with Gasteiger partial charge in [0.05, 0.1) is 0 Å². The highest BCUT2D eigenvalue weighted by Crippen LogP contribution is 2.46. The van der Waals surface area contributed by atoms with E-state index in [1.54, 1.807) is 6.21 Å². The molecule has 1 aliphatic rings. The van der Waals surface area contributed by atoms with Gasteiger partial charge in [-0.15, -0.1) is 0 Å². The molecule has 1 N–H and O–H groups in total. The van der Waals surface area contributed by atoms with Gasteiger partial charge in [-0.3, -0.25) is 4.79 Å². The van der Waals surface area contributed by atoms with Gasteiger partial charge in [0.1, 0.15) is 0 Å². The van der Waals surface area contributed by atoms with Gasteiger partial charge in [-0.2, -0.15) is 5.10 Å². The summed E-state index contributed by atoms with van der Waals surface area (Å²) in [4.78, 5) is 16.8. The fourth-order valence-corrected chi connectivity index (χ4v) is 3.98. The number of para-hydroxylation sites is 1. The van der Waals surface area contributed by atoms with Crippen LogP contribution in [0.25, 0.3) is 0 Å². The number of carbonyl (C=O) groups excluding carboxylic acids is 1. The molecule has 0 unspecified atom stereocenters. The number of allylic oxidation sites excluding steroid dienone is 2. The highest BCUT2D eigenvalue weighted by Gasteiger charge is 2.37. The second-order valence-corrected chi connectivity index (χ2v) is 7.69. The smallest absolute Gasteiger partial charge is 0.271 e. The lowest BCUT2D eigenvalue weighted by atomic mass is 9.84. The molecule has 5 nitrogen and oxygen atoms in total. The molecule has 2 aromatic rings. The lowest BCUT2D eigenvalue weighted by Crippen LogP contribution is -2.23. The minimum absolute atomic E-state index is 0.109. The third-order valence-corrected chi connectivity index (χ3v) is 5.67. The first-order valence-corrected chi connectivity index (χ1v) is 10.1. The second-order valence-electron chi connectivity index (χ2n) is 7.69. The van der Waals surface area contributed by atoms with Crippen LogP contribution in [0.2, 0.25) is 0 Å². The lowest BCUT2D eigenvalue weighted by molar-refractivity contribution is 0.0955. The molecule has 0 spiro atoms. The van der Waals surface area contributed by atoms with E-state index in [2.05, 4.69) is 73.3 Å². The first-order valence-electron chi connectivity index (χ1n) is 10.1. The predicted molar refractivity (Wildman–Crippen MR) is 122 cm³/mol. The van der Waals surface area contributed by atoms with E-state index >= 15 is 0 Å². The van der Waals surface area contributed by atoms with Crippen molar-refractivity contribution in [2.75, 3.05) is 29.9 Å². The summed E-state index contributed by atoms with van der Waals surface area (Å²) in [6.45, 7) is 10.5. The quantitative estimate of drug-likeness (QED) is 0.581. The van der Waals surface area contributed by atoms with Gasteiger partial charge in [-0.25, -0.2) is 5.43 Å². The SMILES string of the molecule is CCN(CC)c1ccc(C(=O)N/N=C\C=C2\N(C)c3ccccc3C2(C)C)cc1. The monoisotopic (exact) mass is 390 g/mol.